The maximum Gasteiger partial charge on any atom is 0.410 e. The quantitative estimate of drug-likeness (QED) is 0.359. The molecule has 1 aliphatic rings. The molecule has 0 bridgehead atoms. The minimum atomic E-state index is -2.86. The van der Waals surface area contributed by atoms with E-state index in [1.165, 1.54) is 4.90 Å². The van der Waals surface area contributed by atoms with Crippen LogP contribution in [0.1, 0.15) is 38.8 Å². The van der Waals surface area contributed by atoms with Gasteiger partial charge >= 0.3 is 12.5 Å². The molecule has 2 amide bonds. The van der Waals surface area contributed by atoms with Gasteiger partial charge in [0.25, 0.3) is 5.89 Å². The van der Waals surface area contributed by atoms with Gasteiger partial charge < -0.3 is 23.4 Å². The molecule has 10 nitrogen and oxygen atoms in total. The van der Waals surface area contributed by atoms with Crippen molar-refractivity contribution in [1.82, 2.24) is 24.5 Å². The monoisotopic (exact) mass is 524 g/mol. The summed E-state index contributed by atoms with van der Waals surface area (Å²) in [4.78, 5) is 33.6. The molecule has 0 aliphatic carbocycles. The van der Waals surface area contributed by atoms with Gasteiger partial charge in [-0.15, -0.1) is 10.2 Å². The first-order chi connectivity index (χ1) is 18.1. The molecule has 5 rings (SSSR count). The van der Waals surface area contributed by atoms with Crippen molar-refractivity contribution in [3.05, 3.63) is 66.4 Å². The van der Waals surface area contributed by atoms with Crippen LogP contribution in [0.25, 0.3) is 17.1 Å². The number of hydrogen-bond donors (Lipinski definition) is 0. The summed E-state index contributed by atoms with van der Waals surface area (Å²) in [7, 11) is 0. The van der Waals surface area contributed by atoms with Gasteiger partial charge in [0.2, 0.25) is 11.8 Å². The summed E-state index contributed by atoms with van der Waals surface area (Å²) in [5, 5.41) is 7.05. The van der Waals surface area contributed by atoms with Crippen LogP contribution in [-0.2, 0) is 16.1 Å². The van der Waals surface area contributed by atoms with E-state index in [-0.39, 0.29) is 37.4 Å². The predicted octanol–water partition coefficient (Wildman–Crippen LogP) is 4.72. The highest BCUT2D eigenvalue weighted by Crippen LogP contribution is 2.27. The molecule has 0 radical (unpaired) electrons. The molecule has 0 spiro atoms. The van der Waals surface area contributed by atoms with E-state index < -0.39 is 24.0 Å². The first-order valence-corrected chi connectivity index (χ1v) is 12.0. The van der Waals surface area contributed by atoms with Gasteiger partial charge in [-0.2, -0.15) is 8.78 Å². The molecule has 0 unspecified atom stereocenters. The average Bonchev–Trinajstić information content (AvgIpc) is 3.47. The fraction of sp³-hybridized carbons (Fsp3) is 0.346. The number of pyridine rings is 1. The lowest BCUT2D eigenvalue weighted by molar-refractivity contribution is -0.127. The second-order valence-electron chi connectivity index (χ2n) is 10.0. The maximum atomic E-state index is 13.5. The Labute approximate surface area is 216 Å². The van der Waals surface area contributed by atoms with Crippen LogP contribution < -0.4 is 4.90 Å². The summed E-state index contributed by atoms with van der Waals surface area (Å²) in [6, 6.07) is 12.5. The summed E-state index contributed by atoms with van der Waals surface area (Å²) in [6.45, 7) is 6.13. The minimum absolute atomic E-state index is 0.0343. The van der Waals surface area contributed by atoms with E-state index in [4.69, 9.17) is 9.15 Å². The molecule has 4 aromatic rings. The van der Waals surface area contributed by atoms with E-state index in [9.17, 15) is 18.4 Å². The Bertz CT molecular complexity index is 1460. The highest BCUT2D eigenvalue weighted by molar-refractivity contribution is 5.96. The van der Waals surface area contributed by atoms with E-state index in [0.29, 0.717) is 22.6 Å². The molecule has 12 heteroatoms. The molecule has 1 fully saturated rings. The van der Waals surface area contributed by atoms with Crippen LogP contribution in [0, 0.1) is 5.92 Å². The smallest absolute Gasteiger partial charge is 0.410 e. The molecule has 1 aliphatic heterocycles. The van der Waals surface area contributed by atoms with Crippen molar-refractivity contribution < 1.29 is 27.5 Å². The van der Waals surface area contributed by atoms with Gasteiger partial charge in [-0.1, -0.05) is 18.2 Å². The SMILES string of the molecule is CC(C)(C)OC(=O)N1CC(C(=O)N(Cc2cn3ccc(-c4nnc(C(F)F)o4)cc3n2)c2ccccc2)C1. The van der Waals surface area contributed by atoms with Crippen molar-refractivity contribution in [3.63, 3.8) is 0 Å². The largest absolute Gasteiger partial charge is 0.444 e. The van der Waals surface area contributed by atoms with Crippen LogP contribution in [-0.4, -0.2) is 55.2 Å². The van der Waals surface area contributed by atoms with Gasteiger partial charge in [-0.25, -0.2) is 9.78 Å². The molecule has 198 valence electrons. The summed E-state index contributed by atoms with van der Waals surface area (Å²) >= 11 is 0. The van der Waals surface area contributed by atoms with Crippen LogP contribution >= 0.6 is 0 Å². The maximum absolute atomic E-state index is 13.5. The molecule has 38 heavy (non-hydrogen) atoms. The van der Waals surface area contributed by atoms with Gasteiger partial charge in [0.05, 0.1) is 18.2 Å². The lowest BCUT2D eigenvalue weighted by atomic mass is 9.98. The number of likely N-dealkylation sites (tertiary alicyclic amines) is 1. The first-order valence-electron chi connectivity index (χ1n) is 12.0. The zero-order chi connectivity index (χ0) is 27.0. The number of anilines is 1. The third-order valence-electron chi connectivity index (χ3n) is 5.92. The minimum Gasteiger partial charge on any atom is -0.444 e. The number of benzene rings is 1. The standard InChI is InChI=1S/C26H26F2N6O4/c1-26(2,3)38-25(36)33-12-17(13-33)24(35)34(19-7-5-4-6-8-19)15-18-14-32-10-9-16(11-20(32)29-18)22-30-31-23(37-22)21(27)28/h4-11,14,17,21H,12-13,15H2,1-3H3. The van der Waals surface area contributed by atoms with Crippen LogP contribution in [0.2, 0.25) is 0 Å². The number of aromatic nitrogens is 4. The van der Waals surface area contributed by atoms with Gasteiger partial charge in [0.1, 0.15) is 11.2 Å². The molecular weight excluding hydrogens is 498 g/mol. The van der Waals surface area contributed by atoms with Gasteiger partial charge in [-0.3, -0.25) is 4.79 Å². The molecule has 3 aromatic heterocycles. The predicted molar refractivity (Wildman–Crippen MR) is 132 cm³/mol. The first kappa shape index (κ1) is 25.3. The summed E-state index contributed by atoms with van der Waals surface area (Å²) < 4.78 is 37.8. The van der Waals surface area contributed by atoms with Crippen molar-refractivity contribution in [2.24, 2.45) is 5.92 Å². The number of rotatable bonds is 6. The van der Waals surface area contributed by atoms with Gasteiger partial charge in [-0.05, 0) is 45.0 Å². The van der Waals surface area contributed by atoms with Crippen LogP contribution in [0.5, 0.6) is 0 Å². The Morgan fingerprint density at radius 1 is 1.16 bits per heavy atom. The Balaban J connectivity index is 1.34. The second kappa shape index (κ2) is 9.84. The van der Waals surface area contributed by atoms with Crippen LogP contribution in [0.15, 0.2) is 59.3 Å². The molecule has 1 aromatic carbocycles. The number of hydrogen-bond acceptors (Lipinski definition) is 7. The van der Waals surface area contributed by atoms with E-state index in [1.807, 2.05) is 30.3 Å². The third-order valence-corrected chi connectivity index (χ3v) is 5.92. The molecule has 0 saturated carbocycles. The number of amides is 2. The molecular formula is C26H26F2N6O4. The average molecular weight is 525 g/mol. The lowest BCUT2D eigenvalue weighted by Gasteiger charge is -2.40. The van der Waals surface area contributed by atoms with Gasteiger partial charge in [0, 0.05) is 36.7 Å². The normalized spacial score (nSPS) is 14.1. The van der Waals surface area contributed by atoms with Crippen LogP contribution in [0.4, 0.5) is 19.3 Å². The van der Waals surface area contributed by atoms with E-state index in [0.717, 1.165) is 0 Å². The number of imidazole rings is 1. The van der Waals surface area contributed by atoms with Crippen molar-refractivity contribution in [2.75, 3.05) is 18.0 Å². The summed E-state index contributed by atoms with van der Waals surface area (Å²) in [6.07, 6.45) is 0.193. The fourth-order valence-corrected chi connectivity index (χ4v) is 4.08. The van der Waals surface area contributed by atoms with Crippen LogP contribution in [0.3, 0.4) is 0 Å². The molecule has 1 saturated heterocycles. The molecule has 4 heterocycles. The lowest BCUT2D eigenvalue weighted by Crippen LogP contribution is -2.57. The van der Waals surface area contributed by atoms with Crippen molar-refractivity contribution in [2.45, 2.75) is 39.3 Å². The van der Waals surface area contributed by atoms with E-state index >= 15 is 0 Å². The summed E-state index contributed by atoms with van der Waals surface area (Å²) in [5.74, 6) is -1.28. The number of nitrogens with zero attached hydrogens (tertiary/aromatic N) is 6. The third kappa shape index (κ3) is 5.34. The summed E-state index contributed by atoms with van der Waals surface area (Å²) in [5.41, 5.74) is 1.68. The Morgan fingerprint density at radius 3 is 2.55 bits per heavy atom. The van der Waals surface area contributed by atoms with E-state index in [2.05, 4.69) is 15.2 Å². The Hall–Kier alpha value is -4.35. The van der Waals surface area contributed by atoms with Crippen molar-refractivity contribution >= 4 is 23.3 Å². The topological polar surface area (TPSA) is 106 Å². The zero-order valence-electron chi connectivity index (χ0n) is 21.0. The second-order valence-corrected chi connectivity index (χ2v) is 10.0. The number of ether oxygens (including phenoxy) is 1. The highest BCUT2D eigenvalue weighted by Gasteiger charge is 2.40. The number of halogens is 2. The Morgan fingerprint density at radius 2 is 1.89 bits per heavy atom. The molecule has 0 atom stereocenters. The number of para-hydroxylation sites is 1. The van der Waals surface area contributed by atoms with Crippen molar-refractivity contribution in [1.29, 1.82) is 0 Å². The zero-order valence-corrected chi connectivity index (χ0v) is 21.0. The number of carbonyl (C=O) groups is 2. The number of carbonyl (C=O) groups excluding carboxylic acids is 2. The van der Waals surface area contributed by atoms with Gasteiger partial charge in [0.15, 0.2) is 0 Å². The highest BCUT2D eigenvalue weighted by atomic mass is 19.3. The fourth-order valence-electron chi connectivity index (χ4n) is 4.08. The van der Waals surface area contributed by atoms with E-state index in [1.54, 1.807) is 54.6 Å². The molecule has 0 N–H and O–H groups in total. The number of alkyl halides is 2. The Kier molecular flexibility index (Phi) is 6.55. The van der Waals surface area contributed by atoms with Crippen molar-refractivity contribution in [3.8, 4) is 11.5 Å². The number of fused-ring (bicyclic) bond motifs is 1.